The highest BCUT2D eigenvalue weighted by molar-refractivity contribution is 7.89. The summed E-state index contributed by atoms with van der Waals surface area (Å²) in [4.78, 5) is -0.139. The summed E-state index contributed by atoms with van der Waals surface area (Å²) in [6.07, 6.45) is 0.604. The zero-order valence-electron chi connectivity index (χ0n) is 10.3. The molecule has 2 rings (SSSR count). The van der Waals surface area contributed by atoms with Crippen molar-refractivity contribution in [3.8, 4) is 0 Å². The molecule has 0 radical (unpaired) electrons. The average molecular weight is 351 g/mol. The highest BCUT2D eigenvalue weighted by Crippen LogP contribution is 2.31. The number of hydrogen-bond donors (Lipinski definition) is 2. The normalized spacial score (nSPS) is 11.7. The molecule has 108 valence electrons. The van der Waals surface area contributed by atoms with Crippen LogP contribution in [0.25, 0.3) is 0 Å². The third kappa shape index (κ3) is 3.65. The summed E-state index contributed by atoms with van der Waals surface area (Å²) in [7, 11) is -3.76. The van der Waals surface area contributed by atoms with Crippen LogP contribution in [0.15, 0.2) is 33.9 Å². The lowest BCUT2D eigenvalue weighted by Gasteiger charge is -2.10. The summed E-state index contributed by atoms with van der Waals surface area (Å²) >= 11 is 13.4. The monoisotopic (exact) mass is 350 g/mol. The molecule has 0 fully saturated rings. The number of hydrogen-bond acceptors (Lipinski definition) is 4. The molecule has 1 heterocycles. The molecule has 1 aromatic heterocycles. The number of rotatable bonds is 5. The van der Waals surface area contributed by atoms with Gasteiger partial charge in [-0.3, -0.25) is 0 Å². The minimum absolute atomic E-state index is 0.0121. The Hall–Kier alpha value is -0.790. The molecule has 3 N–H and O–H groups in total. The Kier molecular flexibility index (Phi) is 4.93. The summed E-state index contributed by atoms with van der Waals surface area (Å²) in [5.74, 6) is 0. The first-order valence-corrected chi connectivity index (χ1v) is 8.83. The largest absolute Gasteiger partial charge is 0.399 e. The van der Waals surface area contributed by atoms with Gasteiger partial charge in [0, 0.05) is 12.2 Å². The fraction of sp³-hybridized carbons (Fsp3) is 0.167. The van der Waals surface area contributed by atoms with Gasteiger partial charge in [0.25, 0.3) is 0 Å². The predicted molar refractivity (Wildman–Crippen MR) is 84.1 cm³/mol. The van der Waals surface area contributed by atoms with Gasteiger partial charge in [-0.15, -0.1) is 0 Å². The highest BCUT2D eigenvalue weighted by atomic mass is 35.5. The van der Waals surface area contributed by atoms with Crippen molar-refractivity contribution < 1.29 is 8.42 Å². The molecule has 0 aliphatic carbocycles. The third-order valence-corrected chi connectivity index (χ3v) is 5.69. The van der Waals surface area contributed by atoms with E-state index in [0.717, 1.165) is 5.56 Å². The van der Waals surface area contributed by atoms with Gasteiger partial charge in [-0.25, -0.2) is 13.1 Å². The van der Waals surface area contributed by atoms with Crippen LogP contribution in [0.4, 0.5) is 5.69 Å². The number of benzene rings is 1. The van der Waals surface area contributed by atoms with E-state index in [1.807, 2.05) is 16.8 Å². The Bertz CT molecular complexity index is 677. The second kappa shape index (κ2) is 6.32. The van der Waals surface area contributed by atoms with Crippen LogP contribution in [0.2, 0.25) is 10.0 Å². The van der Waals surface area contributed by atoms with Crippen LogP contribution in [-0.2, 0) is 16.4 Å². The van der Waals surface area contributed by atoms with Gasteiger partial charge in [0.1, 0.15) is 4.90 Å². The number of sulfonamides is 1. The lowest BCUT2D eigenvalue weighted by atomic mass is 10.2. The number of nitrogens with one attached hydrogen (secondary N) is 1. The Morgan fingerprint density at radius 1 is 1.25 bits per heavy atom. The summed E-state index contributed by atoms with van der Waals surface area (Å²) in [6, 6.07) is 4.67. The van der Waals surface area contributed by atoms with E-state index < -0.39 is 10.0 Å². The van der Waals surface area contributed by atoms with E-state index in [2.05, 4.69) is 4.72 Å². The second-order valence-corrected chi connectivity index (χ2v) is 7.39. The zero-order chi connectivity index (χ0) is 14.8. The molecule has 1 aromatic carbocycles. The maximum absolute atomic E-state index is 12.2. The number of thiophene rings is 1. The molecule has 0 saturated carbocycles. The summed E-state index contributed by atoms with van der Waals surface area (Å²) in [6.45, 7) is 0.274. The van der Waals surface area contributed by atoms with Crippen molar-refractivity contribution in [3.63, 3.8) is 0 Å². The standard InChI is InChI=1S/C12H12Cl2N2O2S2/c13-10-5-9(15)6-11(14)12(10)20(17,18)16-3-1-8-2-4-19-7-8/h2,4-7,16H,1,3,15H2. The van der Waals surface area contributed by atoms with Gasteiger partial charge in [-0.2, -0.15) is 11.3 Å². The van der Waals surface area contributed by atoms with Crippen LogP contribution in [0.5, 0.6) is 0 Å². The average Bonchev–Trinajstić information content (AvgIpc) is 2.79. The van der Waals surface area contributed by atoms with E-state index in [1.54, 1.807) is 11.3 Å². The summed E-state index contributed by atoms with van der Waals surface area (Å²) < 4.78 is 26.9. The quantitative estimate of drug-likeness (QED) is 0.813. The summed E-state index contributed by atoms with van der Waals surface area (Å²) in [5.41, 5.74) is 6.95. The van der Waals surface area contributed by atoms with Crippen molar-refractivity contribution in [1.29, 1.82) is 0 Å². The van der Waals surface area contributed by atoms with E-state index in [-0.39, 0.29) is 21.5 Å². The Morgan fingerprint density at radius 3 is 2.45 bits per heavy atom. The topological polar surface area (TPSA) is 72.2 Å². The minimum Gasteiger partial charge on any atom is -0.399 e. The first-order chi connectivity index (χ1) is 9.40. The van der Waals surface area contributed by atoms with Crippen molar-refractivity contribution in [1.82, 2.24) is 4.72 Å². The van der Waals surface area contributed by atoms with Crippen LogP contribution >= 0.6 is 34.5 Å². The molecular formula is C12H12Cl2N2O2S2. The molecule has 0 unspecified atom stereocenters. The SMILES string of the molecule is Nc1cc(Cl)c(S(=O)(=O)NCCc2ccsc2)c(Cl)c1. The number of halogens is 2. The lowest BCUT2D eigenvalue weighted by Crippen LogP contribution is -2.26. The molecule has 0 atom stereocenters. The van der Waals surface area contributed by atoms with Gasteiger partial charge < -0.3 is 5.73 Å². The van der Waals surface area contributed by atoms with E-state index in [0.29, 0.717) is 12.1 Å². The van der Waals surface area contributed by atoms with Crippen LogP contribution < -0.4 is 10.5 Å². The lowest BCUT2D eigenvalue weighted by molar-refractivity contribution is 0.582. The molecule has 2 aromatic rings. The van der Waals surface area contributed by atoms with Gasteiger partial charge >= 0.3 is 0 Å². The van der Waals surface area contributed by atoms with E-state index in [9.17, 15) is 8.42 Å². The van der Waals surface area contributed by atoms with Gasteiger partial charge in [0.2, 0.25) is 10.0 Å². The van der Waals surface area contributed by atoms with Crippen molar-refractivity contribution in [2.75, 3.05) is 12.3 Å². The molecule has 0 spiro atoms. The number of nitrogens with two attached hydrogens (primary N) is 1. The molecule has 8 heteroatoms. The fourth-order valence-electron chi connectivity index (χ4n) is 1.67. The van der Waals surface area contributed by atoms with Crippen LogP contribution in [-0.4, -0.2) is 15.0 Å². The van der Waals surface area contributed by atoms with Crippen LogP contribution in [0.1, 0.15) is 5.56 Å². The molecule has 20 heavy (non-hydrogen) atoms. The molecule has 0 amide bonds. The van der Waals surface area contributed by atoms with E-state index in [1.165, 1.54) is 12.1 Å². The fourth-order valence-corrected chi connectivity index (χ4v) is 4.64. The second-order valence-electron chi connectivity index (χ2n) is 4.09. The van der Waals surface area contributed by atoms with Gasteiger partial charge in [0.05, 0.1) is 10.0 Å². The van der Waals surface area contributed by atoms with Gasteiger partial charge in [-0.1, -0.05) is 23.2 Å². The minimum atomic E-state index is -3.76. The zero-order valence-corrected chi connectivity index (χ0v) is 13.4. The Balaban J connectivity index is 2.14. The molecule has 0 aliphatic heterocycles. The maximum atomic E-state index is 12.2. The van der Waals surface area contributed by atoms with Crippen molar-refractivity contribution >= 4 is 50.2 Å². The first kappa shape index (κ1) is 15.6. The Labute approximate surface area is 131 Å². The Morgan fingerprint density at radius 2 is 1.90 bits per heavy atom. The van der Waals surface area contributed by atoms with Gasteiger partial charge in [-0.05, 0) is 40.9 Å². The van der Waals surface area contributed by atoms with E-state index >= 15 is 0 Å². The predicted octanol–water partition coefficient (Wildman–Crippen LogP) is 3.16. The molecule has 0 saturated heterocycles. The van der Waals surface area contributed by atoms with Crippen molar-refractivity contribution in [2.24, 2.45) is 0 Å². The highest BCUT2D eigenvalue weighted by Gasteiger charge is 2.21. The number of anilines is 1. The van der Waals surface area contributed by atoms with Crippen molar-refractivity contribution in [3.05, 3.63) is 44.6 Å². The van der Waals surface area contributed by atoms with Crippen LogP contribution in [0, 0.1) is 0 Å². The molecular weight excluding hydrogens is 339 g/mol. The smallest absolute Gasteiger partial charge is 0.243 e. The maximum Gasteiger partial charge on any atom is 0.243 e. The first-order valence-electron chi connectivity index (χ1n) is 5.65. The van der Waals surface area contributed by atoms with E-state index in [4.69, 9.17) is 28.9 Å². The molecule has 4 nitrogen and oxygen atoms in total. The summed E-state index contributed by atoms with van der Waals surface area (Å²) in [5, 5.41) is 3.94. The number of nitrogen functional groups attached to an aromatic ring is 1. The van der Waals surface area contributed by atoms with Crippen molar-refractivity contribution in [2.45, 2.75) is 11.3 Å². The third-order valence-electron chi connectivity index (χ3n) is 2.58. The van der Waals surface area contributed by atoms with Gasteiger partial charge in [0.15, 0.2) is 0 Å². The van der Waals surface area contributed by atoms with Crippen LogP contribution in [0.3, 0.4) is 0 Å². The molecule has 0 aliphatic rings. The molecule has 0 bridgehead atoms.